The van der Waals surface area contributed by atoms with Gasteiger partial charge >= 0.3 is 0 Å². The summed E-state index contributed by atoms with van der Waals surface area (Å²) in [6.45, 7) is 6.37. The highest BCUT2D eigenvalue weighted by Crippen LogP contribution is 2.28. The molecule has 1 atom stereocenters. The molecule has 1 fully saturated rings. The topological polar surface area (TPSA) is 58.8 Å². The standard InChI is InChI=1S/C15H25N3O2.HI/c1-11-4-7-14(20-11)12(2)18-15(16-3)17-8-9-19-10-13-5-6-13;/h4,7,12-13H,5-6,8-10H2,1-3H3,(H2,16,17,18);1H. The molecule has 1 heterocycles. The van der Waals surface area contributed by atoms with Crippen LogP contribution in [0.25, 0.3) is 0 Å². The summed E-state index contributed by atoms with van der Waals surface area (Å²) in [6.07, 6.45) is 2.66. The van der Waals surface area contributed by atoms with E-state index in [-0.39, 0.29) is 30.0 Å². The molecule has 0 aliphatic heterocycles. The Labute approximate surface area is 143 Å². The highest BCUT2D eigenvalue weighted by molar-refractivity contribution is 14.0. The molecule has 1 unspecified atom stereocenters. The summed E-state index contributed by atoms with van der Waals surface area (Å²) in [7, 11) is 1.76. The van der Waals surface area contributed by atoms with E-state index in [9.17, 15) is 0 Å². The minimum Gasteiger partial charge on any atom is -0.464 e. The van der Waals surface area contributed by atoms with Gasteiger partial charge in [0.15, 0.2) is 5.96 Å². The maximum atomic E-state index is 5.60. The normalized spacial score (nSPS) is 16.2. The molecule has 1 aromatic rings. The predicted molar refractivity (Wildman–Crippen MR) is 95.3 cm³/mol. The van der Waals surface area contributed by atoms with Crippen LogP contribution in [0.5, 0.6) is 0 Å². The molecule has 2 rings (SSSR count). The van der Waals surface area contributed by atoms with Gasteiger partial charge in [0.1, 0.15) is 11.5 Å². The van der Waals surface area contributed by atoms with Crippen molar-refractivity contribution in [2.45, 2.75) is 32.7 Å². The van der Waals surface area contributed by atoms with E-state index in [1.165, 1.54) is 12.8 Å². The van der Waals surface area contributed by atoms with Crippen LogP contribution in [0.2, 0.25) is 0 Å². The van der Waals surface area contributed by atoms with Gasteiger partial charge in [-0.25, -0.2) is 0 Å². The zero-order valence-corrected chi connectivity index (χ0v) is 15.3. The molecule has 6 heteroatoms. The van der Waals surface area contributed by atoms with Crippen LogP contribution in [0.15, 0.2) is 21.5 Å². The van der Waals surface area contributed by atoms with E-state index in [0.717, 1.165) is 36.5 Å². The summed E-state index contributed by atoms with van der Waals surface area (Å²) >= 11 is 0. The van der Waals surface area contributed by atoms with Gasteiger partial charge < -0.3 is 19.8 Å². The number of aryl methyl sites for hydroxylation is 1. The van der Waals surface area contributed by atoms with Crippen molar-refractivity contribution >= 4 is 29.9 Å². The third kappa shape index (κ3) is 6.69. The Morgan fingerprint density at radius 1 is 1.48 bits per heavy atom. The number of nitrogens with one attached hydrogen (secondary N) is 2. The summed E-state index contributed by atoms with van der Waals surface area (Å²) in [5.41, 5.74) is 0. The monoisotopic (exact) mass is 407 g/mol. The average molecular weight is 407 g/mol. The molecule has 1 saturated carbocycles. The van der Waals surface area contributed by atoms with Crippen LogP contribution in [0.4, 0.5) is 0 Å². The number of furan rings is 1. The fraction of sp³-hybridized carbons (Fsp3) is 0.667. The number of aliphatic imine (C=N–C) groups is 1. The van der Waals surface area contributed by atoms with Crippen molar-refractivity contribution in [1.82, 2.24) is 10.6 Å². The van der Waals surface area contributed by atoms with Crippen LogP contribution in [-0.2, 0) is 4.74 Å². The fourth-order valence-corrected chi connectivity index (χ4v) is 1.93. The number of ether oxygens (including phenoxy) is 1. The van der Waals surface area contributed by atoms with Gasteiger partial charge in [0, 0.05) is 20.2 Å². The summed E-state index contributed by atoms with van der Waals surface area (Å²) in [4.78, 5) is 4.20. The lowest BCUT2D eigenvalue weighted by atomic mass is 10.2. The Morgan fingerprint density at radius 3 is 2.81 bits per heavy atom. The van der Waals surface area contributed by atoms with Gasteiger partial charge in [-0.15, -0.1) is 24.0 Å². The van der Waals surface area contributed by atoms with Gasteiger partial charge in [-0.05, 0) is 44.7 Å². The van der Waals surface area contributed by atoms with Crippen LogP contribution in [-0.4, -0.2) is 32.8 Å². The second kappa shape index (κ2) is 9.30. The molecule has 0 radical (unpaired) electrons. The minimum atomic E-state index is 0. The fourth-order valence-electron chi connectivity index (χ4n) is 1.93. The molecule has 1 aromatic heterocycles. The number of halogens is 1. The second-order valence-corrected chi connectivity index (χ2v) is 5.33. The van der Waals surface area contributed by atoms with Gasteiger partial charge in [-0.3, -0.25) is 4.99 Å². The van der Waals surface area contributed by atoms with Crippen LogP contribution in [0.1, 0.15) is 37.3 Å². The lowest BCUT2D eigenvalue weighted by Crippen LogP contribution is -2.40. The first-order chi connectivity index (χ1) is 9.69. The third-order valence-electron chi connectivity index (χ3n) is 3.35. The Kier molecular flexibility index (Phi) is 8.10. The summed E-state index contributed by atoms with van der Waals surface area (Å²) in [5, 5.41) is 6.54. The highest BCUT2D eigenvalue weighted by Gasteiger charge is 2.20. The van der Waals surface area contributed by atoms with Crippen LogP contribution >= 0.6 is 24.0 Å². The van der Waals surface area contributed by atoms with E-state index in [1.54, 1.807) is 7.05 Å². The molecule has 21 heavy (non-hydrogen) atoms. The van der Waals surface area contributed by atoms with Crippen LogP contribution < -0.4 is 10.6 Å². The molecule has 2 N–H and O–H groups in total. The van der Waals surface area contributed by atoms with Gasteiger partial charge in [-0.2, -0.15) is 0 Å². The summed E-state index contributed by atoms with van der Waals surface area (Å²) < 4.78 is 11.2. The smallest absolute Gasteiger partial charge is 0.191 e. The summed E-state index contributed by atoms with van der Waals surface area (Å²) in [6, 6.07) is 4.04. The van der Waals surface area contributed by atoms with Gasteiger partial charge in [0.25, 0.3) is 0 Å². The van der Waals surface area contributed by atoms with E-state index in [1.807, 2.05) is 19.1 Å². The molecule has 0 bridgehead atoms. The van der Waals surface area contributed by atoms with Crippen LogP contribution in [0, 0.1) is 12.8 Å². The number of hydrogen-bond donors (Lipinski definition) is 2. The molecular weight excluding hydrogens is 381 g/mol. The lowest BCUT2D eigenvalue weighted by Gasteiger charge is -2.16. The van der Waals surface area contributed by atoms with E-state index in [0.29, 0.717) is 6.61 Å². The maximum Gasteiger partial charge on any atom is 0.191 e. The Balaban J connectivity index is 0.00000220. The van der Waals surface area contributed by atoms with Crippen molar-refractivity contribution in [3.63, 3.8) is 0 Å². The van der Waals surface area contributed by atoms with Gasteiger partial charge in [0.2, 0.25) is 0 Å². The first-order valence-corrected chi connectivity index (χ1v) is 7.30. The molecule has 1 aliphatic rings. The molecule has 0 aromatic carbocycles. The van der Waals surface area contributed by atoms with Crippen LogP contribution in [0.3, 0.4) is 0 Å². The third-order valence-corrected chi connectivity index (χ3v) is 3.35. The van der Waals surface area contributed by atoms with E-state index < -0.39 is 0 Å². The molecule has 120 valence electrons. The van der Waals surface area contributed by atoms with E-state index in [2.05, 4.69) is 22.5 Å². The zero-order valence-electron chi connectivity index (χ0n) is 13.0. The highest BCUT2D eigenvalue weighted by atomic mass is 127. The van der Waals surface area contributed by atoms with Crippen molar-refractivity contribution in [2.75, 3.05) is 26.8 Å². The molecule has 1 aliphatic carbocycles. The minimum absolute atomic E-state index is 0. The lowest BCUT2D eigenvalue weighted by molar-refractivity contribution is 0.129. The number of nitrogens with zero attached hydrogens (tertiary/aromatic N) is 1. The van der Waals surface area contributed by atoms with Gasteiger partial charge in [-0.1, -0.05) is 0 Å². The predicted octanol–water partition coefficient (Wildman–Crippen LogP) is 2.86. The Hall–Kier alpha value is -0.760. The zero-order chi connectivity index (χ0) is 14.4. The Morgan fingerprint density at radius 2 is 2.24 bits per heavy atom. The molecule has 0 saturated heterocycles. The number of hydrogen-bond acceptors (Lipinski definition) is 3. The van der Waals surface area contributed by atoms with E-state index >= 15 is 0 Å². The molecular formula is C15H26IN3O2. The van der Waals surface area contributed by atoms with E-state index in [4.69, 9.17) is 9.15 Å². The molecule has 0 spiro atoms. The quantitative estimate of drug-likeness (QED) is 0.316. The molecule has 0 amide bonds. The van der Waals surface area contributed by atoms with Crippen molar-refractivity contribution in [3.05, 3.63) is 23.7 Å². The average Bonchev–Trinajstić information content (AvgIpc) is 3.16. The maximum absolute atomic E-state index is 5.60. The molecule has 5 nitrogen and oxygen atoms in total. The first kappa shape index (κ1) is 18.3. The second-order valence-electron chi connectivity index (χ2n) is 5.33. The summed E-state index contributed by atoms with van der Waals surface area (Å²) in [5.74, 6) is 3.41. The Bertz CT molecular complexity index is 444. The SMILES string of the molecule is CN=C(NCCOCC1CC1)NC(C)c1ccc(C)o1.I. The van der Waals surface area contributed by atoms with Gasteiger partial charge in [0.05, 0.1) is 12.6 Å². The number of guanidine groups is 1. The van der Waals surface area contributed by atoms with Crippen molar-refractivity contribution in [2.24, 2.45) is 10.9 Å². The number of rotatable bonds is 7. The van der Waals surface area contributed by atoms with Crippen molar-refractivity contribution in [1.29, 1.82) is 0 Å². The first-order valence-electron chi connectivity index (χ1n) is 7.30. The van der Waals surface area contributed by atoms with Crippen molar-refractivity contribution < 1.29 is 9.15 Å². The largest absolute Gasteiger partial charge is 0.464 e. The van der Waals surface area contributed by atoms with Crippen molar-refractivity contribution in [3.8, 4) is 0 Å².